The number of esters is 1. The Morgan fingerprint density at radius 1 is 1.18 bits per heavy atom. The van der Waals surface area contributed by atoms with Crippen molar-refractivity contribution >= 4 is 44.1 Å². The molecule has 0 atom stereocenters. The molecular formula is C19H17ClN2O4S2. The molecule has 1 N–H and O–H groups in total. The standard InChI is InChI=1S/C19H17ClN2O4S2/c1-13-16(20)8-5-9-17(13)28(24,25)22-19-21-12-15(27-19)10-11-26-18(23)14-6-3-2-4-7-14/h2-9,12H,10-11H2,1H3,(H,21,22). The Morgan fingerprint density at radius 2 is 1.93 bits per heavy atom. The zero-order chi connectivity index (χ0) is 20.1. The smallest absolute Gasteiger partial charge is 0.338 e. The Balaban J connectivity index is 1.60. The van der Waals surface area contributed by atoms with Crippen molar-refractivity contribution < 1.29 is 17.9 Å². The number of hydrogen-bond donors (Lipinski definition) is 1. The number of ether oxygens (including phenoxy) is 1. The molecule has 0 bridgehead atoms. The van der Waals surface area contributed by atoms with E-state index in [1.54, 1.807) is 49.5 Å². The largest absolute Gasteiger partial charge is 0.462 e. The van der Waals surface area contributed by atoms with Crippen molar-refractivity contribution in [3.63, 3.8) is 0 Å². The SMILES string of the molecule is Cc1c(Cl)cccc1S(=O)(=O)Nc1ncc(CCOC(=O)c2ccccc2)s1. The molecule has 3 aromatic rings. The van der Waals surface area contributed by atoms with Gasteiger partial charge in [0.25, 0.3) is 10.0 Å². The van der Waals surface area contributed by atoms with Crippen LogP contribution >= 0.6 is 22.9 Å². The Morgan fingerprint density at radius 3 is 2.68 bits per heavy atom. The van der Waals surface area contributed by atoms with E-state index < -0.39 is 16.0 Å². The quantitative estimate of drug-likeness (QED) is 0.558. The maximum atomic E-state index is 12.6. The van der Waals surface area contributed by atoms with Crippen molar-refractivity contribution in [1.82, 2.24) is 4.98 Å². The number of rotatable bonds is 7. The number of carbonyl (C=O) groups excluding carboxylic acids is 1. The van der Waals surface area contributed by atoms with Gasteiger partial charge in [0, 0.05) is 22.5 Å². The molecule has 9 heteroatoms. The number of carbonyl (C=O) groups is 1. The van der Waals surface area contributed by atoms with E-state index in [9.17, 15) is 13.2 Å². The molecule has 0 saturated heterocycles. The van der Waals surface area contributed by atoms with Gasteiger partial charge in [0.05, 0.1) is 17.1 Å². The first-order valence-electron chi connectivity index (χ1n) is 8.31. The highest BCUT2D eigenvalue weighted by Gasteiger charge is 2.19. The third-order valence-electron chi connectivity index (χ3n) is 3.87. The van der Waals surface area contributed by atoms with Crippen LogP contribution in [-0.2, 0) is 21.2 Å². The van der Waals surface area contributed by atoms with Crippen molar-refractivity contribution in [3.05, 3.63) is 75.8 Å². The van der Waals surface area contributed by atoms with Gasteiger partial charge in [-0.15, -0.1) is 11.3 Å². The molecular weight excluding hydrogens is 420 g/mol. The lowest BCUT2D eigenvalue weighted by molar-refractivity contribution is 0.0510. The van der Waals surface area contributed by atoms with Crippen LogP contribution in [0.4, 0.5) is 5.13 Å². The molecule has 146 valence electrons. The number of aromatic nitrogens is 1. The van der Waals surface area contributed by atoms with Gasteiger partial charge in [0.1, 0.15) is 0 Å². The first kappa shape index (κ1) is 20.3. The summed E-state index contributed by atoms with van der Waals surface area (Å²) in [5.74, 6) is -0.400. The van der Waals surface area contributed by atoms with Gasteiger partial charge >= 0.3 is 5.97 Å². The van der Waals surface area contributed by atoms with E-state index >= 15 is 0 Å². The Hall–Kier alpha value is -2.42. The van der Waals surface area contributed by atoms with Crippen molar-refractivity contribution in [3.8, 4) is 0 Å². The summed E-state index contributed by atoms with van der Waals surface area (Å²) in [7, 11) is -3.80. The zero-order valence-corrected chi connectivity index (χ0v) is 17.3. The third kappa shape index (κ3) is 4.89. The summed E-state index contributed by atoms with van der Waals surface area (Å²) in [6.07, 6.45) is 2.00. The molecule has 28 heavy (non-hydrogen) atoms. The number of thiazole rings is 1. The van der Waals surface area contributed by atoms with Gasteiger partial charge in [0.2, 0.25) is 0 Å². The van der Waals surface area contributed by atoms with E-state index in [0.717, 1.165) is 4.88 Å². The van der Waals surface area contributed by atoms with E-state index in [4.69, 9.17) is 16.3 Å². The van der Waals surface area contributed by atoms with Crippen LogP contribution < -0.4 is 4.72 Å². The third-order valence-corrected chi connectivity index (χ3v) is 6.87. The van der Waals surface area contributed by atoms with E-state index in [1.165, 1.54) is 17.4 Å². The number of sulfonamides is 1. The molecule has 0 spiro atoms. The fraction of sp³-hybridized carbons (Fsp3) is 0.158. The number of benzene rings is 2. The molecule has 0 aliphatic carbocycles. The van der Waals surface area contributed by atoms with Crippen LogP contribution in [0.2, 0.25) is 5.02 Å². The minimum absolute atomic E-state index is 0.105. The average molecular weight is 437 g/mol. The van der Waals surface area contributed by atoms with Crippen LogP contribution in [0.3, 0.4) is 0 Å². The number of hydrogen-bond acceptors (Lipinski definition) is 6. The average Bonchev–Trinajstić information content (AvgIpc) is 3.11. The molecule has 0 saturated carbocycles. The summed E-state index contributed by atoms with van der Waals surface area (Å²) in [6, 6.07) is 13.4. The molecule has 0 radical (unpaired) electrons. The molecule has 0 fully saturated rings. The summed E-state index contributed by atoms with van der Waals surface area (Å²) < 4.78 is 32.8. The number of nitrogens with zero attached hydrogens (tertiary/aromatic N) is 1. The lowest BCUT2D eigenvalue weighted by Gasteiger charge is -2.09. The summed E-state index contributed by atoms with van der Waals surface area (Å²) in [5.41, 5.74) is 0.957. The lowest BCUT2D eigenvalue weighted by atomic mass is 10.2. The highest BCUT2D eigenvalue weighted by Crippen LogP contribution is 2.26. The van der Waals surface area contributed by atoms with Crippen LogP contribution in [-0.4, -0.2) is 26.0 Å². The van der Waals surface area contributed by atoms with E-state index in [0.29, 0.717) is 22.6 Å². The maximum Gasteiger partial charge on any atom is 0.338 e. The Labute approximate surface area is 172 Å². The molecule has 2 aromatic carbocycles. The van der Waals surface area contributed by atoms with Crippen molar-refractivity contribution in [1.29, 1.82) is 0 Å². The molecule has 0 aliphatic heterocycles. The van der Waals surface area contributed by atoms with Gasteiger partial charge < -0.3 is 4.74 Å². The van der Waals surface area contributed by atoms with Gasteiger partial charge in [-0.1, -0.05) is 35.9 Å². The topological polar surface area (TPSA) is 85.4 Å². The van der Waals surface area contributed by atoms with Gasteiger partial charge in [0.15, 0.2) is 5.13 Å². The first-order valence-corrected chi connectivity index (χ1v) is 11.0. The second kappa shape index (κ2) is 8.72. The van der Waals surface area contributed by atoms with Crippen LogP contribution in [0.1, 0.15) is 20.8 Å². The Bertz CT molecular complexity index is 1080. The van der Waals surface area contributed by atoms with E-state index in [2.05, 4.69) is 9.71 Å². The van der Waals surface area contributed by atoms with Crippen LogP contribution in [0.25, 0.3) is 0 Å². The molecule has 1 heterocycles. The van der Waals surface area contributed by atoms with E-state index in [-0.39, 0.29) is 16.6 Å². The van der Waals surface area contributed by atoms with Crippen LogP contribution in [0.15, 0.2) is 59.6 Å². The minimum Gasteiger partial charge on any atom is -0.462 e. The summed E-state index contributed by atoms with van der Waals surface area (Å²) >= 11 is 7.19. The molecule has 0 aliphatic rings. The van der Waals surface area contributed by atoms with E-state index in [1.807, 2.05) is 6.07 Å². The lowest BCUT2D eigenvalue weighted by Crippen LogP contribution is -2.14. The number of halogens is 1. The van der Waals surface area contributed by atoms with Crippen molar-refractivity contribution in [2.75, 3.05) is 11.3 Å². The van der Waals surface area contributed by atoms with Gasteiger partial charge in [-0.05, 0) is 36.8 Å². The summed E-state index contributed by atoms with van der Waals surface area (Å²) in [4.78, 5) is 16.9. The molecule has 1 aromatic heterocycles. The molecule has 0 unspecified atom stereocenters. The van der Waals surface area contributed by atoms with Gasteiger partial charge in [-0.3, -0.25) is 4.72 Å². The van der Waals surface area contributed by atoms with Gasteiger partial charge in [-0.25, -0.2) is 18.2 Å². The van der Waals surface area contributed by atoms with Crippen LogP contribution in [0.5, 0.6) is 0 Å². The molecule has 3 rings (SSSR count). The predicted octanol–water partition coefficient (Wildman–Crippen LogP) is 4.31. The number of anilines is 1. The fourth-order valence-electron chi connectivity index (χ4n) is 2.42. The van der Waals surface area contributed by atoms with Crippen molar-refractivity contribution in [2.24, 2.45) is 0 Å². The van der Waals surface area contributed by atoms with Crippen LogP contribution in [0, 0.1) is 6.92 Å². The molecule has 6 nitrogen and oxygen atoms in total. The predicted molar refractivity (Wildman–Crippen MR) is 110 cm³/mol. The molecule has 0 amide bonds. The van der Waals surface area contributed by atoms with Gasteiger partial charge in [-0.2, -0.15) is 0 Å². The zero-order valence-electron chi connectivity index (χ0n) is 14.9. The summed E-state index contributed by atoms with van der Waals surface area (Å²) in [6.45, 7) is 1.82. The Kier molecular flexibility index (Phi) is 6.33. The highest BCUT2D eigenvalue weighted by molar-refractivity contribution is 7.93. The number of nitrogens with one attached hydrogen (secondary N) is 1. The second-order valence-electron chi connectivity index (χ2n) is 5.85. The highest BCUT2D eigenvalue weighted by atomic mass is 35.5. The minimum atomic E-state index is -3.80. The fourth-order valence-corrected chi connectivity index (χ4v) is 4.96. The summed E-state index contributed by atoms with van der Waals surface area (Å²) in [5, 5.41) is 0.617. The maximum absolute atomic E-state index is 12.6. The van der Waals surface area contributed by atoms with Crippen molar-refractivity contribution in [2.45, 2.75) is 18.2 Å². The first-order chi connectivity index (χ1) is 13.4. The monoisotopic (exact) mass is 436 g/mol. The normalized spacial score (nSPS) is 11.2. The second-order valence-corrected chi connectivity index (χ2v) is 9.03.